The first-order chi connectivity index (χ1) is 12.8. The minimum atomic E-state index is -1.17. The fraction of sp³-hybridized carbons (Fsp3) is 0.750. The summed E-state index contributed by atoms with van der Waals surface area (Å²) in [5, 5.41) is 19.1. The summed E-state index contributed by atoms with van der Waals surface area (Å²) >= 11 is 0. The fourth-order valence-corrected chi connectivity index (χ4v) is 5.57. The highest BCUT2D eigenvalue weighted by molar-refractivity contribution is 6.06. The van der Waals surface area contributed by atoms with Crippen molar-refractivity contribution in [3.05, 3.63) is 0 Å². The molecule has 7 nitrogen and oxygen atoms in total. The molecular weight excluding hydrogens is 346 g/mol. The molecule has 0 aromatic rings. The second-order valence-corrected chi connectivity index (χ2v) is 8.58. The first kappa shape index (κ1) is 19.5. The summed E-state index contributed by atoms with van der Waals surface area (Å²) in [6.45, 7) is 1.04. The van der Waals surface area contributed by atoms with Crippen molar-refractivity contribution in [2.75, 3.05) is 13.2 Å². The van der Waals surface area contributed by atoms with E-state index in [4.69, 9.17) is 15.4 Å². The van der Waals surface area contributed by atoms with Gasteiger partial charge in [-0.2, -0.15) is 5.26 Å². The molecule has 146 valence electrons. The molecule has 0 aromatic heterocycles. The van der Waals surface area contributed by atoms with Gasteiger partial charge < -0.3 is 15.5 Å². The maximum atomic E-state index is 12.8. The Kier molecular flexibility index (Phi) is 5.64. The van der Waals surface area contributed by atoms with Gasteiger partial charge in [0, 0.05) is 17.7 Å². The van der Waals surface area contributed by atoms with E-state index in [0.29, 0.717) is 17.8 Å². The van der Waals surface area contributed by atoms with Crippen LogP contribution in [-0.4, -0.2) is 36.5 Å². The molecule has 0 aromatic carbocycles. The Balaban J connectivity index is 1.40. The average molecular weight is 373 g/mol. The van der Waals surface area contributed by atoms with Crippen LogP contribution >= 0.6 is 0 Å². The number of Topliss-reactive ketones (excluding diaryl/α,β-unsaturated/α-hetero) is 1. The second-order valence-electron chi connectivity index (χ2n) is 8.58. The molecule has 1 amide bonds. The van der Waals surface area contributed by atoms with Crippen LogP contribution in [0, 0.1) is 45.8 Å². The lowest BCUT2D eigenvalue weighted by Gasteiger charge is -2.55. The van der Waals surface area contributed by atoms with E-state index >= 15 is 0 Å². The van der Waals surface area contributed by atoms with Crippen molar-refractivity contribution in [1.82, 2.24) is 5.32 Å². The van der Waals surface area contributed by atoms with Crippen LogP contribution in [0.25, 0.3) is 0 Å². The third-order valence-corrected chi connectivity index (χ3v) is 6.39. The van der Waals surface area contributed by atoms with Gasteiger partial charge in [0.2, 0.25) is 5.91 Å². The van der Waals surface area contributed by atoms with Crippen LogP contribution in [-0.2, 0) is 19.1 Å². The highest BCUT2D eigenvalue weighted by Gasteiger charge is 2.54. The van der Waals surface area contributed by atoms with Gasteiger partial charge in [-0.15, -0.1) is 0 Å². The number of carbonyl (C=O) groups excluding carboxylic acids is 3. The maximum absolute atomic E-state index is 12.8. The Hall–Kier alpha value is -2.23. The number of esters is 1. The van der Waals surface area contributed by atoms with Gasteiger partial charge in [0.05, 0.1) is 12.5 Å². The fourth-order valence-electron chi connectivity index (χ4n) is 5.57. The first-order valence-electron chi connectivity index (χ1n) is 9.74. The van der Waals surface area contributed by atoms with E-state index in [0.717, 1.165) is 19.3 Å². The molecule has 1 unspecified atom stereocenters. The highest BCUT2D eigenvalue weighted by atomic mass is 16.5. The van der Waals surface area contributed by atoms with Crippen LogP contribution in [0.4, 0.5) is 0 Å². The number of carbonyl (C=O) groups is 3. The van der Waals surface area contributed by atoms with Crippen molar-refractivity contribution in [2.45, 2.75) is 51.9 Å². The third kappa shape index (κ3) is 4.20. The number of nitriles is 1. The van der Waals surface area contributed by atoms with Gasteiger partial charge in [0.1, 0.15) is 5.92 Å². The van der Waals surface area contributed by atoms with Gasteiger partial charge >= 0.3 is 5.97 Å². The third-order valence-electron chi connectivity index (χ3n) is 6.39. The van der Waals surface area contributed by atoms with Crippen LogP contribution in [0.15, 0.2) is 0 Å². The number of ketones is 1. The van der Waals surface area contributed by atoms with Crippen molar-refractivity contribution in [1.29, 1.82) is 10.7 Å². The normalized spacial score (nSPS) is 31.6. The zero-order valence-electron chi connectivity index (χ0n) is 15.8. The predicted molar refractivity (Wildman–Crippen MR) is 96.7 cm³/mol. The molecule has 0 spiro atoms. The molecule has 27 heavy (non-hydrogen) atoms. The van der Waals surface area contributed by atoms with Crippen molar-refractivity contribution >= 4 is 23.4 Å². The van der Waals surface area contributed by atoms with E-state index in [2.05, 4.69) is 5.32 Å². The Morgan fingerprint density at radius 3 is 2.22 bits per heavy atom. The van der Waals surface area contributed by atoms with E-state index in [1.165, 1.54) is 26.2 Å². The molecule has 4 fully saturated rings. The standard InChI is InChI=1S/C20H27N3O4/c1-12(22)16(10-21)17(24)11-27-18(25)2-3-23-19(26)20-7-13-4-14(8-20)6-15(5-13)9-20/h13-16,22H,2-9,11H2,1H3,(H,23,26). The summed E-state index contributed by atoms with van der Waals surface area (Å²) in [6.07, 6.45) is 6.72. The predicted octanol–water partition coefficient (Wildman–Crippen LogP) is 2.00. The molecule has 4 bridgehead atoms. The van der Waals surface area contributed by atoms with Crippen LogP contribution in [0.3, 0.4) is 0 Å². The Morgan fingerprint density at radius 2 is 1.74 bits per heavy atom. The van der Waals surface area contributed by atoms with Gasteiger partial charge in [0.15, 0.2) is 12.4 Å². The lowest BCUT2D eigenvalue weighted by Crippen LogP contribution is -2.53. The summed E-state index contributed by atoms with van der Waals surface area (Å²) in [4.78, 5) is 36.3. The van der Waals surface area contributed by atoms with Gasteiger partial charge in [0.25, 0.3) is 0 Å². The first-order valence-corrected chi connectivity index (χ1v) is 9.74. The van der Waals surface area contributed by atoms with Gasteiger partial charge in [-0.3, -0.25) is 14.4 Å². The minimum Gasteiger partial charge on any atom is -0.458 e. The number of ether oxygens (including phenoxy) is 1. The van der Waals surface area contributed by atoms with Crippen LogP contribution in [0.2, 0.25) is 0 Å². The Bertz CT molecular complexity index is 659. The largest absolute Gasteiger partial charge is 0.458 e. The molecule has 4 aliphatic rings. The number of hydrogen-bond acceptors (Lipinski definition) is 6. The Morgan fingerprint density at radius 1 is 1.19 bits per heavy atom. The molecule has 0 saturated heterocycles. The quantitative estimate of drug-likeness (QED) is 0.498. The van der Waals surface area contributed by atoms with Crippen molar-refractivity contribution in [3.8, 4) is 6.07 Å². The smallest absolute Gasteiger partial charge is 0.308 e. The average Bonchev–Trinajstić information content (AvgIpc) is 2.59. The minimum absolute atomic E-state index is 0.00776. The number of amides is 1. The van der Waals surface area contributed by atoms with Crippen LogP contribution in [0.1, 0.15) is 51.9 Å². The molecule has 4 saturated carbocycles. The summed E-state index contributed by atoms with van der Waals surface area (Å²) in [5.41, 5.74) is -0.308. The second kappa shape index (κ2) is 7.79. The molecule has 0 aliphatic heterocycles. The SMILES string of the molecule is CC(=N)C(C#N)C(=O)COC(=O)CCNC(=O)C12CC3CC(CC(C3)C1)C2. The maximum Gasteiger partial charge on any atom is 0.308 e. The molecule has 0 radical (unpaired) electrons. The van der Waals surface area contributed by atoms with E-state index in [1.54, 1.807) is 6.07 Å². The molecule has 7 heteroatoms. The van der Waals surface area contributed by atoms with Crippen molar-refractivity contribution < 1.29 is 19.1 Å². The number of rotatable bonds is 8. The molecule has 2 N–H and O–H groups in total. The zero-order chi connectivity index (χ0) is 19.6. The van der Waals surface area contributed by atoms with Crippen LogP contribution < -0.4 is 5.32 Å². The zero-order valence-corrected chi connectivity index (χ0v) is 15.8. The summed E-state index contributed by atoms with van der Waals surface area (Å²) in [6, 6.07) is 1.72. The number of hydrogen-bond donors (Lipinski definition) is 2. The lowest BCUT2D eigenvalue weighted by molar-refractivity contribution is -0.149. The Labute approximate surface area is 159 Å². The highest BCUT2D eigenvalue weighted by Crippen LogP contribution is 2.60. The van der Waals surface area contributed by atoms with E-state index in [1.807, 2.05) is 0 Å². The molecule has 0 heterocycles. The van der Waals surface area contributed by atoms with E-state index in [9.17, 15) is 14.4 Å². The molecule has 4 rings (SSSR count). The monoisotopic (exact) mass is 373 g/mol. The molecular formula is C20H27N3O4. The van der Waals surface area contributed by atoms with Gasteiger partial charge in [-0.25, -0.2) is 0 Å². The van der Waals surface area contributed by atoms with E-state index < -0.39 is 24.3 Å². The summed E-state index contributed by atoms with van der Waals surface area (Å²) < 4.78 is 4.88. The van der Waals surface area contributed by atoms with Gasteiger partial charge in [-0.1, -0.05) is 0 Å². The van der Waals surface area contributed by atoms with Gasteiger partial charge in [-0.05, 0) is 63.2 Å². The number of nitrogens with zero attached hydrogens (tertiary/aromatic N) is 1. The summed E-state index contributed by atoms with van der Waals surface area (Å²) in [5.74, 6) is -0.248. The topological polar surface area (TPSA) is 120 Å². The molecule has 4 aliphatic carbocycles. The van der Waals surface area contributed by atoms with E-state index in [-0.39, 0.29) is 30.0 Å². The van der Waals surface area contributed by atoms with Crippen LogP contribution in [0.5, 0.6) is 0 Å². The number of nitrogens with one attached hydrogen (secondary N) is 2. The van der Waals surface area contributed by atoms with Crippen molar-refractivity contribution in [3.63, 3.8) is 0 Å². The van der Waals surface area contributed by atoms with Crippen molar-refractivity contribution in [2.24, 2.45) is 29.1 Å². The molecule has 1 atom stereocenters. The lowest BCUT2D eigenvalue weighted by atomic mass is 9.49. The summed E-state index contributed by atoms with van der Waals surface area (Å²) in [7, 11) is 0.